The summed E-state index contributed by atoms with van der Waals surface area (Å²) in [6, 6.07) is 1.80. The van der Waals surface area contributed by atoms with E-state index in [4.69, 9.17) is 4.74 Å². The Balaban J connectivity index is 2.50. The van der Waals surface area contributed by atoms with Crippen molar-refractivity contribution in [2.45, 2.75) is 19.8 Å². The Bertz CT molecular complexity index is 426. The van der Waals surface area contributed by atoms with Gasteiger partial charge >= 0.3 is 0 Å². The van der Waals surface area contributed by atoms with Gasteiger partial charge in [-0.05, 0) is 13.0 Å². The van der Waals surface area contributed by atoms with Crippen LogP contribution in [0.15, 0.2) is 10.5 Å². The molecule has 3 nitrogen and oxygen atoms in total. The van der Waals surface area contributed by atoms with Crippen LogP contribution in [0.3, 0.4) is 0 Å². The summed E-state index contributed by atoms with van der Waals surface area (Å²) in [7, 11) is 0. The monoisotopic (exact) mass is 270 g/mol. The van der Waals surface area contributed by atoms with E-state index in [1.54, 1.807) is 6.07 Å². The largest absolute Gasteiger partial charge is 0.504 e. The summed E-state index contributed by atoms with van der Waals surface area (Å²) in [5.74, 6) is 0.664. The van der Waals surface area contributed by atoms with Crippen LogP contribution in [0.4, 0.5) is 0 Å². The Morgan fingerprint density at radius 1 is 1.67 bits per heavy atom. The minimum atomic E-state index is 0.0233. The van der Waals surface area contributed by atoms with Crippen molar-refractivity contribution in [1.29, 1.82) is 0 Å². The molecule has 0 radical (unpaired) electrons. The first-order chi connectivity index (χ1) is 7.09. The third-order valence-corrected chi connectivity index (χ3v) is 3.13. The van der Waals surface area contributed by atoms with Crippen LogP contribution in [0, 0.1) is 0 Å². The van der Waals surface area contributed by atoms with E-state index in [1.165, 1.54) is 6.92 Å². The summed E-state index contributed by atoms with van der Waals surface area (Å²) in [6.45, 7) is 2.09. The molecular formula is C11H11BrO3. The minimum Gasteiger partial charge on any atom is -0.504 e. The van der Waals surface area contributed by atoms with Crippen LogP contribution in [0.1, 0.15) is 18.1 Å². The first kappa shape index (κ1) is 10.5. The van der Waals surface area contributed by atoms with Gasteiger partial charge in [0.05, 0.1) is 6.61 Å². The summed E-state index contributed by atoms with van der Waals surface area (Å²) in [5.41, 5.74) is 1.61. The second kappa shape index (κ2) is 3.85. The second-order valence-corrected chi connectivity index (χ2v) is 4.51. The molecule has 0 amide bonds. The number of halogens is 1. The molecule has 1 aromatic carbocycles. The standard InChI is InChI=1S/C11H11BrO3/c1-6(13)4-7-5-9(12)8-2-3-15-11(8)10(7)14/h5,14H,2-4H2,1H3. The number of carbonyl (C=O) groups excluding carboxylic acids is 1. The number of phenolic OH excluding ortho intramolecular Hbond substituents is 1. The number of carbonyl (C=O) groups is 1. The number of ketones is 1. The van der Waals surface area contributed by atoms with Crippen LogP contribution in [0.25, 0.3) is 0 Å². The zero-order valence-corrected chi connectivity index (χ0v) is 9.93. The van der Waals surface area contributed by atoms with E-state index in [0.29, 0.717) is 17.9 Å². The van der Waals surface area contributed by atoms with Crippen molar-refractivity contribution in [2.75, 3.05) is 6.61 Å². The number of hydrogen-bond donors (Lipinski definition) is 1. The van der Waals surface area contributed by atoms with Gasteiger partial charge in [-0.15, -0.1) is 0 Å². The molecule has 2 rings (SSSR count). The third kappa shape index (κ3) is 1.86. The molecule has 1 aliphatic rings. The highest BCUT2D eigenvalue weighted by Crippen LogP contribution is 2.42. The van der Waals surface area contributed by atoms with Gasteiger partial charge in [-0.3, -0.25) is 4.79 Å². The van der Waals surface area contributed by atoms with Crippen molar-refractivity contribution in [3.05, 3.63) is 21.7 Å². The molecule has 0 bridgehead atoms. The minimum absolute atomic E-state index is 0.0233. The van der Waals surface area contributed by atoms with Gasteiger partial charge in [0, 0.05) is 28.4 Å². The Hall–Kier alpha value is -1.03. The van der Waals surface area contributed by atoms with Gasteiger partial charge in [0.25, 0.3) is 0 Å². The fraction of sp³-hybridized carbons (Fsp3) is 0.364. The third-order valence-electron chi connectivity index (χ3n) is 2.42. The normalized spacial score (nSPS) is 13.5. The molecule has 80 valence electrons. The van der Waals surface area contributed by atoms with Crippen molar-refractivity contribution in [3.63, 3.8) is 0 Å². The summed E-state index contributed by atoms with van der Waals surface area (Å²) >= 11 is 3.42. The lowest BCUT2D eigenvalue weighted by atomic mass is 10.0. The van der Waals surface area contributed by atoms with Gasteiger partial charge in [-0.2, -0.15) is 0 Å². The molecule has 1 N–H and O–H groups in total. The molecule has 1 heterocycles. The van der Waals surface area contributed by atoms with Gasteiger partial charge in [-0.1, -0.05) is 15.9 Å². The van der Waals surface area contributed by atoms with E-state index < -0.39 is 0 Å². The van der Waals surface area contributed by atoms with Gasteiger partial charge in [0.1, 0.15) is 5.78 Å². The van der Waals surface area contributed by atoms with Crippen molar-refractivity contribution < 1.29 is 14.6 Å². The summed E-state index contributed by atoms with van der Waals surface area (Å²) < 4.78 is 6.25. The van der Waals surface area contributed by atoms with Gasteiger partial charge < -0.3 is 9.84 Å². The van der Waals surface area contributed by atoms with Crippen LogP contribution < -0.4 is 4.74 Å². The van der Waals surface area contributed by atoms with E-state index in [9.17, 15) is 9.90 Å². The fourth-order valence-corrected chi connectivity index (χ4v) is 2.41. The van der Waals surface area contributed by atoms with Crippen molar-refractivity contribution in [2.24, 2.45) is 0 Å². The molecule has 0 atom stereocenters. The number of benzene rings is 1. The fourth-order valence-electron chi connectivity index (χ4n) is 1.75. The van der Waals surface area contributed by atoms with Crippen molar-refractivity contribution >= 4 is 21.7 Å². The molecular weight excluding hydrogens is 260 g/mol. The van der Waals surface area contributed by atoms with Crippen LogP contribution in [-0.4, -0.2) is 17.5 Å². The number of ether oxygens (including phenoxy) is 1. The number of phenols is 1. The average molecular weight is 271 g/mol. The molecule has 4 heteroatoms. The Kier molecular flexibility index (Phi) is 2.69. The van der Waals surface area contributed by atoms with Crippen LogP contribution in [-0.2, 0) is 17.6 Å². The zero-order chi connectivity index (χ0) is 11.0. The van der Waals surface area contributed by atoms with Crippen LogP contribution in [0.5, 0.6) is 11.5 Å². The SMILES string of the molecule is CC(=O)Cc1cc(Br)c2c(c1O)OCC2. The highest BCUT2D eigenvalue weighted by atomic mass is 79.9. The number of aromatic hydroxyl groups is 1. The Labute approximate surface area is 96.2 Å². The number of fused-ring (bicyclic) bond motifs is 1. The van der Waals surface area contributed by atoms with Crippen LogP contribution >= 0.6 is 15.9 Å². The maximum absolute atomic E-state index is 11.0. The predicted octanol–water partition coefficient (Wildman–Crippen LogP) is 2.22. The topological polar surface area (TPSA) is 46.5 Å². The highest BCUT2D eigenvalue weighted by molar-refractivity contribution is 9.10. The zero-order valence-electron chi connectivity index (χ0n) is 8.34. The van der Waals surface area contributed by atoms with Gasteiger partial charge in [0.15, 0.2) is 11.5 Å². The number of Topliss-reactive ketones (excluding diaryl/α,β-unsaturated/α-hetero) is 1. The van der Waals surface area contributed by atoms with Gasteiger partial charge in [-0.25, -0.2) is 0 Å². The smallest absolute Gasteiger partial charge is 0.165 e. The lowest BCUT2D eigenvalue weighted by Crippen LogP contribution is -1.98. The van der Waals surface area contributed by atoms with E-state index >= 15 is 0 Å². The molecule has 0 aliphatic carbocycles. The summed E-state index contributed by atoms with van der Waals surface area (Å²) in [6.07, 6.45) is 1.03. The molecule has 0 spiro atoms. The maximum atomic E-state index is 11.0. The first-order valence-electron chi connectivity index (χ1n) is 4.75. The Morgan fingerprint density at radius 3 is 3.07 bits per heavy atom. The van der Waals surface area contributed by atoms with E-state index in [2.05, 4.69) is 15.9 Å². The highest BCUT2D eigenvalue weighted by Gasteiger charge is 2.22. The molecule has 0 saturated heterocycles. The summed E-state index contributed by atoms with van der Waals surface area (Å²) in [5, 5.41) is 9.88. The molecule has 0 aromatic heterocycles. The Morgan fingerprint density at radius 2 is 2.40 bits per heavy atom. The molecule has 1 aliphatic heterocycles. The van der Waals surface area contributed by atoms with Crippen molar-refractivity contribution in [3.8, 4) is 11.5 Å². The second-order valence-electron chi connectivity index (χ2n) is 3.65. The van der Waals surface area contributed by atoms with E-state index in [1.807, 2.05) is 0 Å². The molecule has 0 saturated carbocycles. The van der Waals surface area contributed by atoms with Crippen molar-refractivity contribution in [1.82, 2.24) is 0 Å². The molecule has 15 heavy (non-hydrogen) atoms. The molecule has 0 fully saturated rings. The van der Waals surface area contributed by atoms with E-state index in [0.717, 1.165) is 16.5 Å². The predicted molar refractivity (Wildman–Crippen MR) is 59.4 cm³/mol. The first-order valence-corrected chi connectivity index (χ1v) is 5.54. The number of hydrogen-bond acceptors (Lipinski definition) is 3. The molecule has 1 aromatic rings. The van der Waals surface area contributed by atoms with Crippen LogP contribution in [0.2, 0.25) is 0 Å². The van der Waals surface area contributed by atoms with E-state index in [-0.39, 0.29) is 18.0 Å². The number of rotatable bonds is 2. The lowest BCUT2D eigenvalue weighted by molar-refractivity contribution is -0.116. The maximum Gasteiger partial charge on any atom is 0.165 e. The summed E-state index contributed by atoms with van der Waals surface area (Å²) in [4.78, 5) is 11.0. The van der Waals surface area contributed by atoms with Gasteiger partial charge in [0.2, 0.25) is 0 Å². The average Bonchev–Trinajstić information content (AvgIpc) is 2.61. The quantitative estimate of drug-likeness (QED) is 0.897. The lowest BCUT2D eigenvalue weighted by Gasteiger charge is -2.09. The molecule has 0 unspecified atom stereocenters.